The third-order valence-electron chi connectivity index (χ3n) is 4.83. The SMILES string of the molecule is CC1(C)OB([C@@H]2CN(C(=O)C(F)(F)F)C[C@H]2C(=O)O)OC1(C)C. The first-order valence-corrected chi connectivity index (χ1v) is 7.21. The number of amides is 1. The molecular formula is C13H19BF3NO5. The van der Waals surface area contributed by atoms with Crippen molar-refractivity contribution in [3.63, 3.8) is 0 Å². The lowest BCUT2D eigenvalue weighted by Gasteiger charge is -2.32. The van der Waals surface area contributed by atoms with Crippen LogP contribution in [0.15, 0.2) is 0 Å². The minimum absolute atomic E-state index is 0.369. The van der Waals surface area contributed by atoms with Gasteiger partial charge in [0.2, 0.25) is 0 Å². The van der Waals surface area contributed by atoms with Gasteiger partial charge in [0.15, 0.2) is 0 Å². The smallest absolute Gasteiger partial charge is 0.471 e. The molecule has 2 aliphatic heterocycles. The summed E-state index contributed by atoms with van der Waals surface area (Å²) >= 11 is 0. The highest BCUT2D eigenvalue weighted by Crippen LogP contribution is 2.44. The van der Waals surface area contributed by atoms with Crippen LogP contribution in [0.1, 0.15) is 27.7 Å². The van der Waals surface area contributed by atoms with Crippen LogP contribution in [0.3, 0.4) is 0 Å². The van der Waals surface area contributed by atoms with Crippen molar-refractivity contribution < 1.29 is 37.2 Å². The van der Waals surface area contributed by atoms with Crippen LogP contribution in [0.25, 0.3) is 0 Å². The first kappa shape index (κ1) is 18.1. The van der Waals surface area contributed by atoms with Crippen molar-refractivity contribution in [3.8, 4) is 0 Å². The van der Waals surface area contributed by atoms with Crippen molar-refractivity contribution in [1.82, 2.24) is 4.90 Å². The van der Waals surface area contributed by atoms with E-state index in [0.717, 1.165) is 0 Å². The zero-order valence-corrected chi connectivity index (χ0v) is 13.3. The molecular weight excluding hydrogens is 318 g/mol. The molecule has 0 spiro atoms. The molecule has 2 rings (SSSR count). The Hall–Kier alpha value is -1.29. The number of carbonyl (C=O) groups is 2. The van der Waals surface area contributed by atoms with Gasteiger partial charge in [0.1, 0.15) is 0 Å². The van der Waals surface area contributed by atoms with Crippen molar-refractivity contribution in [2.24, 2.45) is 5.92 Å². The van der Waals surface area contributed by atoms with E-state index in [1.54, 1.807) is 27.7 Å². The summed E-state index contributed by atoms with van der Waals surface area (Å²) < 4.78 is 49.2. The highest BCUT2D eigenvalue weighted by molar-refractivity contribution is 6.48. The van der Waals surface area contributed by atoms with Gasteiger partial charge in [-0.25, -0.2) is 0 Å². The van der Waals surface area contributed by atoms with E-state index in [1.807, 2.05) is 0 Å². The lowest BCUT2D eigenvalue weighted by atomic mass is 9.66. The van der Waals surface area contributed by atoms with Gasteiger partial charge in [-0.05, 0) is 27.7 Å². The molecule has 2 fully saturated rings. The van der Waals surface area contributed by atoms with Crippen LogP contribution in [0, 0.1) is 5.92 Å². The Balaban J connectivity index is 2.21. The Morgan fingerprint density at radius 2 is 1.61 bits per heavy atom. The van der Waals surface area contributed by atoms with E-state index in [1.165, 1.54) is 0 Å². The molecule has 130 valence electrons. The summed E-state index contributed by atoms with van der Waals surface area (Å²) in [6.07, 6.45) is -5.03. The van der Waals surface area contributed by atoms with E-state index < -0.39 is 54.7 Å². The maximum atomic E-state index is 12.6. The number of likely N-dealkylation sites (tertiary alicyclic amines) is 1. The average molecular weight is 337 g/mol. The fourth-order valence-corrected chi connectivity index (χ4v) is 2.77. The molecule has 0 aromatic carbocycles. The summed E-state index contributed by atoms with van der Waals surface area (Å²) in [4.78, 5) is 23.3. The topological polar surface area (TPSA) is 76.1 Å². The normalized spacial score (nSPS) is 29.9. The van der Waals surface area contributed by atoms with Crippen LogP contribution in [-0.4, -0.2) is 59.5 Å². The van der Waals surface area contributed by atoms with E-state index in [0.29, 0.717) is 4.90 Å². The molecule has 23 heavy (non-hydrogen) atoms. The van der Waals surface area contributed by atoms with E-state index in [9.17, 15) is 27.9 Å². The Bertz CT molecular complexity index is 506. The Kier molecular flexibility index (Phi) is 4.22. The molecule has 2 aliphatic rings. The van der Waals surface area contributed by atoms with Gasteiger partial charge in [0.25, 0.3) is 0 Å². The van der Waals surface area contributed by atoms with Crippen molar-refractivity contribution in [3.05, 3.63) is 0 Å². The highest BCUT2D eigenvalue weighted by atomic mass is 19.4. The molecule has 6 nitrogen and oxygen atoms in total. The number of carbonyl (C=O) groups excluding carboxylic acids is 1. The molecule has 0 aliphatic carbocycles. The third kappa shape index (κ3) is 3.19. The number of rotatable bonds is 2. The second-order valence-electron chi connectivity index (χ2n) is 6.94. The van der Waals surface area contributed by atoms with Gasteiger partial charge in [-0.15, -0.1) is 0 Å². The molecule has 0 aromatic rings. The molecule has 1 amide bonds. The zero-order chi connectivity index (χ0) is 17.8. The molecule has 0 saturated carbocycles. The van der Waals surface area contributed by atoms with Gasteiger partial charge in [0, 0.05) is 18.9 Å². The van der Waals surface area contributed by atoms with Crippen molar-refractivity contribution in [2.75, 3.05) is 13.1 Å². The number of hydrogen-bond donors (Lipinski definition) is 1. The minimum Gasteiger partial charge on any atom is -0.481 e. The molecule has 0 unspecified atom stereocenters. The number of halogens is 3. The summed E-state index contributed by atoms with van der Waals surface area (Å²) in [5.41, 5.74) is -1.47. The van der Waals surface area contributed by atoms with Crippen molar-refractivity contribution in [2.45, 2.75) is 50.9 Å². The van der Waals surface area contributed by atoms with Gasteiger partial charge in [-0.3, -0.25) is 9.59 Å². The van der Waals surface area contributed by atoms with Gasteiger partial charge in [-0.2, -0.15) is 13.2 Å². The maximum Gasteiger partial charge on any atom is 0.471 e. The number of carboxylic acids is 1. The Morgan fingerprint density at radius 3 is 2.00 bits per heavy atom. The summed E-state index contributed by atoms with van der Waals surface area (Å²) in [5.74, 6) is -5.35. The molecule has 2 heterocycles. The largest absolute Gasteiger partial charge is 0.481 e. The number of alkyl halides is 3. The van der Waals surface area contributed by atoms with Crippen LogP contribution < -0.4 is 0 Å². The fourth-order valence-electron chi connectivity index (χ4n) is 2.77. The lowest BCUT2D eigenvalue weighted by Crippen LogP contribution is -2.41. The average Bonchev–Trinajstić information content (AvgIpc) is 2.87. The summed E-state index contributed by atoms with van der Waals surface area (Å²) in [6, 6.07) is 0. The molecule has 0 radical (unpaired) electrons. The first-order chi connectivity index (χ1) is 10.3. The number of nitrogens with zero attached hydrogens (tertiary/aromatic N) is 1. The Morgan fingerprint density at radius 1 is 1.13 bits per heavy atom. The predicted octanol–water partition coefficient (Wildman–Crippen LogP) is 1.55. The third-order valence-corrected chi connectivity index (χ3v) is 4.83. The first-order valence-electron chi connectivity index (χ1n) is 7.21. The summed E-state index contributed by atoms with van der Waals surface area (Å²) in [5, 5.41) is 9.28. The Labute approximate surface area is 132 Å². The van der Waals surface area contributed by atoms with Gasteiger partial charge < -0.3 is 19.3 Å². The standard InChI is InChI=1S/C13H19BF3NO5/c1-11(2)12(3,4)23-14(22-11)8-6-18(5-7(8)9(19)20)10(21)13(15,16)17/h7-8H,5-6H2,1-4H3,(H,19,20)/t7-,8-/m1/s1. The van der Waals surface area contributed by atoms with Crippen LogP contribution in [-0.2, 0) is 18.9 Å². The van der Waals surface area contributed by atoms with Gasteiger partial charge >= 0.3 is 25.2 Å². The van der Waals surface area contributed by atoms with Crippen LogP contribution >= 0.6 is 0 Å². The molecule has 2 saturated heterocycles. The number of aliphatic carboxylic acids is 1. The summed E-state index contributed by atoms with van der Waals surface area (Å²) in [6.45, 7) is 6.16. The zero-order valence-electron chi connectivity index (χ0n) is 13.3. The monoisotopic (exact) mass is 337 g/mol. The second kappa shape index (κ2) is 5.37. The van der Waals surface area contributed by atoms with E-state index in [-0.39, 0.29) is 6.54 Å². The number of hydrogen-bond acceptors (Lipinski definition) is 4. The van der Waals surface area contributed by atoms with Crippen molar-refractivity contribution >= 4 is 19.0 Å². The van der Waals surface area contributed by atoms with Gasteiger partial charge in [-0.1, -0.05) is 0 Å². The van der Waals surface area contributed by atoms with Crippen LogP contribution in [0.5, 0.6) is 0 Å². The quantitative estimate of drug-likeness (QED) is 0.774. The summed E-state index contributed by atoms with van der Waals surface area (Å²) in [7, 11) is -0.980. The highest BCUT2D eigenvalue weighted by Gasteiger charge is 2.59. The van der Waals surface area contributed by atoms with E-state index in [4.69, 9.17) is 9.31 Å². The minimum atomic E-state index is -5.03. The second-order valence-corrected chi connectivity index (χ2v) is 6.94. The van der Waals surface area contributed by atoms with E-state index in [2.05, 4.69) is 0 Å². The maximum absolute atomic E-state index is 12.6. The van der Waals surface area contributed by atoms with Crippen LogP contribution in [0.4, 0.5) is 13.2 Å². The van der Waals surface area contributed by atoms with Gasteiger partial charge in [0.05, 0.1) is 17.1 Å². The molecule has 0 aromatic heterocycles. The fraction of sp³-hybridized carbons (Fsp3) is 0.846. The predicted molar refractivity (Wildman–Crippen MR) is 73.6 cm³/mol. The lowest BCUT2D eigenvalue weighted by molar-refractivity contribution is -0.184. The molecule has 0 bridgehead atoms. The number of carboxylic acid groups (broad SMARTS) is 1. The molecule has 2 atom stereocenters. The van der Waals surface area contributed by atoms with Crippen molar-refractivity contribution in [1.29, 1.82) is 0 Å². The molecule has 10 heteroatoms. The molecule has 1 N–H and O–H groups in total. The van der Waals surface area contributed by atoms with Crippen LogP contribution in [0.2, 0.25) is 5.82 Å². The van der Waals surface area contributed by atoms with E-state index >= 15 is 0 Å².